The van der Waals surface area contributed by atoms with Crippen LogP contribution in [0, 0.1) is 0 Å². The van der Waals surface area contributed by atoms with Crippen molar-refractivity contribution in [2.24, 2.45) is 0 Å². The minimum atomic E-state index is -0.818. The van der Waals surface area contributed by atoms with Crippen molar-refractivity contribution < 1.29 is 19.1 Å². The van der Waals surface area contributed by atoms with Gasteiger partial charge in [0, 0.05) is 22.4 Å². The minimum Gasteiger partial charge on any atom is -0.409 e. The van der Waals surface area contributed by atoms with Gasteiger partial charge in [-0.25, -0.2) is 9.59 Å². The first-order chi connectivity index (χ1) is 12.3. The van der Waals surface area contributed by atoms with Gasteiger partial charge >= 0.3 is 12.2 Å². The number of rotatable bonds is 4. The first-order valence-electron chi connectivity index (χ1n) is 6.87. The summed E-state index contributed by atoms with van der Waals surface area (Å²) in [4.78, 5) is 23.2. The Morgan fingerprint density at radius 3 is 1.46 bits per heavy atom. The van der Waals surface area contributed by atoms with Gasteiger partial charge in [0.15, 0.2) is 11.5 Å². The monoisotopic (exact) mass is 434 g/mol. The second-order valence-corrected chi connectivity index (χ2v) is 6.24. The standard InChI is InChI=1S/C16H10Cl4N2O4/c17-9-1-3-13(11(19)7-9)25-15(23)21-5-6-22-16(24)26-14-4-2-10(18)8-12(14)20/h1-8H,(H,21,23)(H,22,24)/b6-5+. The highest BCUT2D eigenvalue weighted by molar-refractivity contribution is 6.36. The number of hydrogen-bond acceptors (Lipinski definition) is 4. The maximum Gasteiger partial charge on any atom is 0.416 e. The molecule has 2 amide bonds. The summed E-state index contributed by atoms with van der Waals surface area (Å²) in [5.41, 5.74) is 0. The molecule has 0 saturated heterocycles. The number of ether oxygens (including phenoxy) is 2. The first-order valence-corrected chi connectivity index (χ1v) is 8.38. The predicted molar refractivity (Wildman–Crippen MR) is 100 cm³/mol. The molecule has 0 saturated carbocycles. The van der Waals surface area contributed by atoms with Crippen LogP contribution in [0.5, 0.6) is 11.5 Å². The van der Waals surface area contributed by atoms with Gasteiger partial charge in [0.1, 0.15) is 0 Å². The normalized spacial score (nSPS) is 10.5. The Kier molecular flexibility index (Phi) is 7.41. The molecule has 0 aliphatic carbocycles. The lowest BCUT2D eigenvalue weighted by Crippen LogP contribution is -2.25. The molecule has 0 atom stereocenters. The zero-order valence-corrected chi connectivity index (χ0v) is 15.8. The van der Waals surface area contributed by atoms with E-state index < -0.39 is 12.2 Å². The number of benzene rings is 2. The molecule has 136 valence electrons. The summed E-state index contributed by atoms with van der Waals surface area (Å²) < 4.78 is 9.93. The van der Waals surface area contributed by atoms with Crippen molar-refractivity contribution in [3.63, 3.8) is 0 Å². The highest BCUT2D eigenvalue weighted by Gasteiger charge is 2.08. The van der Waals surface area contributed by atoms with Crippen LogP contribution in [-0.4, -0.2) is 12.2 Å². The van der Waals surface area contributed by atoms with E-state index in [1.54, 1.807) is 0 Å². The number of hydrogen-bond donors (Lipinski definition) is 2. The fourth-order valence-electron chi connectivity index (χ4n) is 1.59. The molecule has 0 aromatic heterocycles. The van der Waals surface area contributed by atoms with Gasteiger partial charge < -0.3 is 9.47 Å². The van der Waals surface area contributed by atoms with Gasteiger partial charge in [0.2, 0.25) is 0 Å². The minimum absolute atomic E-state index is 0.131. The molecule has 0 bridgehead atoms. The van der Waals surface area contributed by atoms with Crippen LogP contribution in [0.1, 0.15) is 0 Å². The van der Waals surface area contributed by atoms with Crippen LogP contribution in [0.3, 0.4) is 0 Å². The van der Waals surface area contributed by atoms with Gasteiger partial charge in [0.05, 0.1) is 10.0 Å². The van der Waals surface area contributed by atoms with E-state index in [0.717, 1.165) is 12.4 Å². The Morgan fingerprint density at radius 2 is 1.12 bits per heavy atom. The average molecular weight is 436 g/mol. The topological polar surface area (TPSA) is 76.7 Å². The van der Waals surface area contributed by atoms with Crippen LogP contribution in [0.2, 0.25) is 20.1 Å². The molecule has 0 spiro atoms. The zero-order valence-electron chi connectivity index (χ0n) is 12.8. The fourth-order valence-corrected chi connectivity index (χ4v) is 2.49. The van der Waals surface area contributed by atoms with Crippen molar-refractivity contribution in [2.45, 2.75) is 0 Å². The van der Waals surface area contributed by atoms with Crippen molar-refractivity contribution >= 4 is 58.6 Å². The lowest BCUT2D eigenvalue weighted by molar-refractivity contribution is 0.202. The maximum atomic E-state index is 11.6. The van der Waals surface area contributed by atoms with E-state index >= 15 is 0 Å². The Hall–Kier alpha value is -2.12. The third kappa shape index (κ3) is 6.31. The van der Waals surface area contributed by atoms with Crippen molar-refractivity contribution in [2.75, 3.05) is 0 Å². The van der Waals surface area contributed by atoms with Gasteiger partial charge in [0.25, 0.3) is 0 Å². The highest BCUT2D eigenvalue weighted by atomic mass is 35.5. The quantitative estimate of drug-likeness (QED) is 0.650. The van der Waals surface area contributed by atoms with Crippen LogP contribution in [0.15, 0.2) is 48.8 Å². The lowest BCUT2D eigenvalue weighted by atomic mass is 10.3. The van der Waals surface area contributed by atoms with E-state index in [1.165, 1.54) is 36.4 Å². The molecule has 0 heterocycles. The predicted octanol–water partition coefficient (Wildman–Crippen LogP) is 5.65. The van der Waals surface area contributed by atoms with E-state index in [1.807, 2.05) is 0 Å². The molecule has 0 fully saturated rings. The number of carbonyl (C=O) groups is 2. The fraction of sp³-hybridized carbons (Fsp3) is 0. The van der Waals surface area contributed by atoms with Gasteiger partial charge in [-0.3, -0.25) is 10.6 Å². The van der Waals surface area contributed by atoms with Gasteiger partial charge in [-0.1, -0.05) is 46.4 Å². The number of halogens is 4. The summed E-state index contributed by atoms with van der Waals surface area (Å²) in [6, 6.07) is 8.79. The van der Waals surface area contributed by atoms with Crippen LogP contribution in [0.25, 0.3) is 0 Å². The summed E-state index contributed by atoms with van der Waals surface area (Å²) in [6.45, 7) is 0. The van der Waals surface area contributed by atoms with Crippen LogP contribution < -0.4 is 20.1 Å². The maximum absolute atomic E-state index is 11.6. The van der Waals surface area contributed by atoms with E-state index in [2.05, 4.69) is 10.6 Å². The largest absolute Gasteiger partial charge is 0.416 e. The molecule has 0 aliphatic rings. The van der Waals surface area contributed by atoms with E-state index in [0.29, 0.717) is 10.0 Å². The molecule has 26 heavy (non-hydrogen) atoms. The Labute approximate surface area is 168 Å². The molecular weight excluding hydrogens is 426 g/mol. The summed E-state index contributed by atoms with van der Waals surface area (Å²) in [7, 11) is 0. The number of amides is 2. The van der Waals surface area contributed by atoms with E-state index in [4.69, 9.17) is 55.9 Å². The average Bonchev–Trinajstić information content (AvgIpc) is 2.57. The molecule has 10 heteroatoms. The lowest BCUT2D eigenvalue weighted by Gasteiger charge is -2.06. The highest BCUT2D eigenvalue weighted by Crippen LogP contribution is 2.28. The van der Waals surface area contributed by atoms with Crippen molar-refractivity contribution in [3.05, 3.63) is 68.9 Å². The Balaban J connectivity index is 1.79. The molecule has 0 unspecified atom stereocenters. The van der Waals surface area contributed by atoms with Crippen LogP contribution in [0.4, 0.5) is 9.59 Å². The Morgan fingerprint density at radius 1 is 0.731 bits per heavy atom. The smallest absolute Gasteiger partial charge is 0.409 e. The second kappa shape index (κ2) is 9.54. The van der Waals surface area contributed by atoms with Gasteiger partial charge in [-0.2, -0.15) is 0 Å². The second-order valence-electron chi connectivity index (χ2n) is 4.55. The molecule has 2 rings (SSSR count). The molecule has 0 aliphatic heterocycles. The molecule has 2 N–H and O–H groups in total. The molecule has 6 nitrogen and oxygen atoms in total. The van der Waals surface area contributed by atoms with Gasteiger partial charge in [-0.15, -0.1) is 0 Å². The third-order valence-electron chi connectivity index (χ3n) is 2.68. The SMILES string of the molecule is O=C(N/C=C/NC(=O)Oc1ccc(Cl)cc1Cl)Oc1ccc(Cl)cc1Cl. The van der Waals surface area contributed by atoms with E-state index in [-0.39, 0.29) is 21.5 Å². The molecular formula is C16H10Cl4N2O4. The summed E-state index contributed by atoms with van der Waals surface area (Å²) in [5, 5.41) is 5.70. The van der Waals surface area contributed by atoms with Crippen LogP contribution in [-0.2, 0) is 0 Å². The summed E-state index contributed by atoms with van der Waals surface area (Å²) in [5.74, 6) is 0.262. The van der Waals surface area contributed by atoms with Crippen molar-refractivity contribution in [1.82, 2.24) is 10.6 Å². The zero-order chi connectivity index (χ0) is 19.1. The molecule has 2 aromatic rings. The van der Waals surface area contributed by atoms with Crippen molar-refractivity contribution in [1.29, 1.82) is 0 Å². The first kappa shape index (κ1) is 20.2. The summed E-state index contributed by atoms with van der Waals surface area (Å²) >= 11 is 23.2. The van der Waals surface area contributed by atoms with Crippen molar-refractivity contribution in [3.8, 4) is 11.5 Å². The Bertz CT molecular complexity index is 789. The third-order valence-corrected chi connectivity index (χ3v) is 3.74. The molecule has 2 aromatic carbocycles. The van der Waals surface area contributed by atoms with Crippen LogP contribution >= 0.6 is 46.4 Å². The number of nitrogens with one attached hydrogen (secondary N) is 2. The summed E-state index contributed by atoms with van der Waals surface area (Å²) in [6.07, 6.45) is 0.635. The van der Waals surface area contributed by atoms with E-state index in [9.17, 15) is 9.59 Å². The van der Waals surface area contributed by atoms with Gasteiger partial charge in [-0.05, 0) is 36.4 Å². The number of carbonyl (C=O) groups excluding carboxylic acids is 2. The molecule has 0 radical (unpaired) electrons.